The van der Waals surface area contributed by atoms with Gasteiger partial charge in [-0.25, -0.2) is 0 Å². The molecule has 0 saturated carbocycles. The molecule has 4 nitrogen and oxygen atoms in total. The average Bonchev–Trinajstić information content (AvgIpc) is 2.71. The Bertz CT molecular complexity index is 595. The SMILES string of the molecule is CC(CO)NC(=O)CCCC=CCC=CCC=CCC=CC(C)(C)CCCCC#N. The number of carbonyl (C=O) groups excluding carboxylic acids is 1. The molecular weight excluding hydrogens is 372 g/mol. The highest BCUT2D eigenvalue weighted by molar-refractivity contribution is 5.76. The van der Waals surface area contributed by atoms with Crippen LogP contribution in [0.5, 0.6) is 0 Å². The van der Waals surface area contributed by atoms with E-state index in [4.69, 9.17) is 10.4 Å². The van der Waals surface area contributed by atoms with Gasteiger partial charge in [-0.2, -0.15) is 5.26 Å². The summed E-state index contributed by atoms with van der Waals surface area (Å²) in [7, 11) is 0. The molecule has 30 heavy (non-hydrogen) atoms. The summed E-state index contributed by atoms with van der Waals surface area (Å²) >= 11 is 0. The number of carbonyl (C=O) groups is 1. The third kappa shape index (κ3) is 19.2. The van der Waals surface area contributed by atoms with E-state index in [1.807, 2.05) is 0 Å². The third-order valence-corrected chi connectivity index (χ3v) is 4.70. The third-order valence-electron chi connectivity index (χ3n) is 4.70. The topological polar surface area (TPSA) is 73.1 Å². The Kier molecular flexibility index (Phi) is 17.5. The van der Waals surface area contributed by atoms with Crippen molar-refractivity contribution in [2.75, 3.05) is 6.61 Å². The fourth-order valence-corrected chi connectivity index (χ4v) is 2.86. The average molecular weight is 415 g/mol. The van der Waals surface area contributed by atoms with Crippen LogP contribution in [0.1, 0.15) is 85.0 Å². The second-order valence-electron chi connectivity index (χ2n) is 8.42. The van der Waals surface area contributed by atoms with Crippen LogP contribution in [0.3, 0.4) is 0 Å². The number of aliphatic hydroxyl groups is 1. The molecular formula is C26H42N2O2. The molecule has 0 aromatic rings. The van der Waals surface area contributed by atoms with Crippen LogP contribution in [0, 0.1) is 16.7 Å². The fraction of sp³-hybridized carbons (Fsp3) is 0.615. The Morgan fingerprint density at radius 3 is 2.20 bits per heavy atom. The molecule has 1 amide bonds. The van der Waals surface area contributed by atoms with Crippen molar-refractivity contribution in [1.29, 1.82) is 5.26 Å². The van der Waals surface area contributed by atoms with E-state index in [-0.39, 0.29) is 24.0 Å². The van der Waals surface area contributed by atoms with Gasteiger partial charge in [-0.15, -0.1) is 0 Å². The molecule has 0 heterocycles. The normalized spacial score (nSPS) is 13.6. The van der Waals surface area contributed by atoms with Gasteiger partial charge in [0, 0.05) is 18.9 Å². The number of hydrogen-bond donors (Lipinski definition) is 2. The van der Waals surface area contributed by atoms with E-state index >= 15 is 0 Å². The second-order valence-corrected chi connectivity index (χ2v) is 8.42. The molecule has 0 aliphatic heterocycles. The van der Waals surface area contributed by atoms with Gasteiger partial charge in [0.05, 0.1) is 12.7 Å². The summed E-state index contributed by atoms with van der Waals surface area (Å²) in [5.74, 6) is 0.00522. The number of rotatable bonds is 17. The molecule has 0 aromatic heterocycles. The molecule has 0 spiro atoms. The summed E-state index contributed by atoms with van der Waals surface area (Å²) in [5, 5.41) is 20.2. The molecule has 2 N–H and O–H groups in total. The maximum Gasteiger partial charge on any atom is 0.220 e. The van der Waals surface area contributed by atoms with Crippen LogP contribution in [-0.2, 0) is 4.79 Å². The molecule has 0 aliphatic carbocycles. The second kappa shape index (κ2) is 18.9. The zero-order valence-electron chi connectivity index (χ0n) is 19.3. The van der Waals surface area contributed by atoms with Gasteiger partial charge in [0.2, 0.25) is 5.91 Å². The van der Waals surface area contributed by atoms with Gasteiger partial charge in [-0.3, -0.25) is 4.79 Å². The van der Waals surface area contributed by atoms with Crippen LogP contribution >= 0.6 is 0 Å². The number of allylic oxidation sites excluding steroid dienone is 8. The Labute approximate surface area is 184 Å². The minimum absolute atomic E-state index is 0.00522. The first kappa shape index (κ1) is 27.9. The number of hydrogen-bond acceptors (Lipinski definition) is 3. The van der Waals surface area contributed by atoms with Crippen molar-refractivity contribution < 1.29 is 9.90 Å². The maximum atomic E-state index is 11.5. The van der Waals surface area contributed by atoms with E-state index in [1.165, 1.54) is 0 Å². The van der Waals surface area contributed by atoms with Crippen LogP contribution in [-0.4, -0.2) is 23.7 Å². The number of amides is 1. The number of unbranched alkanes of at least 4 members (excludes halogenated alkanes) is 3. The molecule has 0 bridgehead atoms. The van der Waals surface area contributed by atoms with E-state index in [1.54, 1.807) is 6.92 Å². The predicted molar refractivity (Wildman–Crippen MR) is 127 cm³/mol. The minimum Gasteiger partial charge on any atom is -0.394 e. The fourth-order valence-electron chi connectivity index (χ4n) is 2.86. The lowest BCUT2D eigenvalue weighted by Gasteiger charge is -2.19. The quantitative estimate of drug-likeness (QED) is 0.221. The van der Waals surface area contributed by atoms with Crippen LogP contribution < -0.4 is 5.32 Å². The smallest absolute Gasteiger partial charge is 0.220 e. The van der Waals surface area contributed by atoms with Crippen LogP contribution in [0.2, 0.25) is 0 Å². The van der Waals surface area contributed by atoms with Crippen molar-refractivity contribution in [2.45, 2.75) is 91.0 Å². The molecule has 4 heteroatoms. The lowest BCUT2D eigenvalue weighted by atomic mass is 9.86. The molecule has 0 saturated heterocycles. The number of aliphatic hydroxyl groups excluding tert-OH is 1. The van der Waals surface area contributed by atoms with Gasteiger partial charge in [0.25, 0.3) is 0 Å². The highest BCUT2D eigenvalue weighted by Crippen LogP contribution is 2.25. The van der Waals surface area contributed by atoms with E-state index in [0.717, 1.165) is 51.4 Å². The summed E-state index contributed by atoms with van der Waals surface area (Å²) < 4.78 is 0. The van der Waals surface area contributed by atoms with E-state index < -0.39 is 0 Å². The van der Waals surface area contributed by atoms with Gasteiger partial charge in [-0.1, -0.05) is 68.9 Å². The molecule has 0 fully saturated rings. The molecule has 168 valence electrons. The minimum atomic E-state index is -0.166. The summed E-state index contributed by atoms with van der Waals surface area (Å²) in [6.07, 6.45) is 26.5. The zero-order valence-corrected chi connectivity index (χ0v) is 19.3. The van der Waals surface area contributed by atoms with Crippen LogP contribution in [0.25, 0.3) is 0 Å². The first-order valence-electron chi connectivity index (χ1n) is 11.3. The number of nitrogens with zero attached hydrogens (tertiary/aromatic N) is 1. The van der Waals surface area contributed by atoms with Gasteiger partial charge in [0.1, 0.15) is 0 Å². The highest BCUT2D eigenvalue weighted by Gasteiger charge is 2.12. The molecule has 0 aromatic carbocycles. The standard InChI is InChI=1S/C26H42N2O2/c1-24(23-29)28-25(30)19-15-12-10-8-6-4-5-7-9-11-13-16-20-26(2,3)21-17-14-18-22-27/h4-5,8-11,16,20,24,29H,6-7,12-15,17-19,21,23H2,1-3H3,(H,28,30). The molecule has 1 atom stereocenters. The predicted octanol–water partition coefficient (Wildman–Crippen LogP) is 6.16. The van der Waals surface area contributed by atoms with Crippen molar-refractivity contribution in [3.63, 3.8) is 0 Å². The summed E-state index contributed by atoms with van der Waals surface area (Å²) in [5.41, 5.74) is 0.206. The van der Waals surface area contributed by atoms with E-state index in [0.29, 0.717) is 12.8 Å². The van der Waals surface area contributed by atoms with E-state index in [2.05, 4.69) is 73.8 Å². The zero-order chi connectivity index (χ0) is 22.5. The largest absolute Gasteiger partial charge is 0.394 e. The van der Waals surface area contributed by atoms with Crippen molar-refractivity contribution in [1.82, 2.24) is 5.32 Å². The van der Waals surface area contributed by atoms with Crippen molar-refractivity contribution in [2.24, 2.45) is 5.41 Å². The molecule has 1 unspecified atom stereocenters. The van der Waals surface area contributed by atoms with Crippen molar-refractivity contribution in [3.8, 4) is 6.07 Å². The summed E-state index contributed by atoms with van der Waals surface area (Å²) in [6, 6.07) is 2.04. The van der Waals surface area contributed by atoms with Gasteiger partial charge < -0.3 is 10.4 Å². The monoisotopic (exact) mass is 414 g/mol. The Morgan fingerprint density at radius 2 is 1.60 bits per heavy atom. The first-order chi connectivity index (χ1) is 14.4. The van der Waals surface area contributed by atoms with Crippen LogP contribution in [0.4, 0.5) is 0 Å². The first-order valence-corrected chi connectivity index (χ1v) is 11.3. The maximum absolute atomic E-state index is 11.5. The molecule has 0 rings (SSSR count). The lowest BCUT2D eigenvalue weighted by Crippen LogP contribution is -2.34. The number of nitrogens with one attached hydrogen (secondary N) is 1. The van der Waals surface area contributed by atoms with Gasteiger partial charge >= 0.3 is 0 Å². The van der Waals surface area contributed by atoms with Crippen molar-refractivity contribution in [3.05, 3.63) is 48.6 Å². The van der Waals surface area contributed by atoms with Gasteiger partial charge in [0.15, 0.2) is 0 Å². The molecule has 0 radical (unpaired) electrons. The van der Waals surface area contributed by atoms with Crippen molar-refractivity contribution >= 4 is 5.91 Å². The van der Waals surface area contributed by atoms with E-state index in [9.17, 15) is 4.79 Å². The van der Waals surface area contributed by atoms with Crippen LogP contribution in [0.15, 0.2) is 48.6 Å². The lowest BCUT2D eigenvalue weighted by molar-refractivity contribution is -0.122. The Morgan fingerprint density at radius 1 is 1.00 bits per heavy atom. The summed E-state index contributed by atoms with van der Waals surface area (Å²) in [6.45, 7) is 6.27. The van der Waals surface area contributed by atoms with Gasteiger partial charge in [-0.05, 0) is 57.3 Å². The molecule has 0 aliphatic rings. The Hall–Kier alpha value is -2.12. The highest BCUT2D eigenvalue weighted by atomic mass is 16.3. The summed E-state index contributed by atoms with van der Waals surface area (Å²) in [4.78, 5) is 11.5. The number of nitriles is 1. The Balaban J connectivity index is 3.73.